The molecule has 0 radical (unpaired) electrons. The number of aliphatic hydroxyl groups is 1. The summed E-state index contributed by atoms with van der Waals surface area (Å²) < 4.78 is 0. The summed E-state index contributed by atoms with van der Waals surface area (Å²) in [4.78, 5) is 38.6. The maximum Gasteiger partial charge on any atom is 0.284 e. The molecule has 4 bridgehead atoms. The van der Waals surface area contributed by atoms with Crippen LogP contribution in [0.1, 0.15) is 79.3 Å². The van der Waals surface area contributed by atoms with Crippen LogP contribution < -0.4 is 10.6 Å². The Bertz CT molecular complexity index is 1510. The summed E-state index contributed by atoms with van der Waals surface area (Å²) in [6.45, 7) is 0. The number of nitro benzene ring substituents is 1. The smallest absolute Gasteiger partial charge is 0.284 e. The van der Waals surface area contributed by atoms with Gasteiger partial charge in [-0.25, -0.2) is 0 Å². The number of carbonyl (C=O) groups is 2. The number of amides is 2. The van der Waals surface area contributed by atoms with Gasteiger partial charge in [0.05, 0.1) is 10.7 Å². The maximum atomic E-state index is 13.9. The maximum absolute atomic E-state index is 13.9. The molecule has 4 saturated carbocycles. The molecule has 1 atom stereocenters. The van der Waals surface area contributed by atoms with E-state index in [0.29, 0.717) is 43.4 Å². The van der Waals surface area contributed by atoms with Gasteiger partial charge in [-0.15, -0.1) is 0 Å². The van der Waals surface area contributed by atoms with Crippen molar-refractivity contribution in [2.24, 2.45) is 17.8 Å². The summed E-state index contributed by atoms with van der Waals surface area (Å²) in [6, 6.07) is 13.2. The predicted octanol–water partition coefficient (Wildman–Crippen LogP) is 5.92. The van der Waals surface area contributed by atoms with Gasteiger partial charge in [-0.05, 0) is 105 Å². The van der Waals surface area contributed by atoms with Crippen LogP contribution in [0.25, 0.3) is 0 Å². The number of nitrogens with one attached hydrogen (secondary N) is 2. The number of allylic oxidation sites excluding steroid dienone is 4. The van der Waals surface area contributed by atoms with Crippen LogP contribution in [0.5, 0.6) is 0 Å². The van der Waals surface area contributed by atoms with E-state index >= 15 is 0 Å². The molecule has 0 heterocycles. The predicted molar refractivity (Wildman–Crippen MR) is 163 cm³/mol. The molecule has 0 saturated heterocycles. The van der Waals surface area contributed by atoms with Crippen molar-refractivity contribution in [2.75, 3.05) is 0 Å². The minimum absolute atomic E-state index is 0.121. The molecule has 0 aliphatic heterocycles. The lowest BCUT2D eigenvalue weighted by Crippen LogP contribution is -2.62. The molecule has 0 spiro atoms. The number of aliphatic hydroxyl groups excluding tert-OH is 1. The molecule has 8 heteroatoms. The minimum Gasteiger partial charge on any atom is -0.512 e. The van der Waals surface area contributed by atoms with E-state index in [9.17, 15) is 24.8 Å². The molecule has 5 aliphatic rings. The fourth-order valence-corrected chi connectivity index (χ4v) is 7.89. The summed E-state index contributed by atoms with van der Waals surface area (Å²) in [7, 11) is 0. The van der Waals surface area contributed by atoms with Gasteiger partial charge in [0, 0.05) is 29.2 Å². The molecule has 7 rings (SSSR count). The molecule has 4 fully saturated rings. The number of hydrogen-bond donors (Lipinski definition) is 3. The number of nitro groups is 1. The normalized spacial score (nSPS) is 25.9. The summed E-state index contributed by atoms with van der Waals surface area (Å²) in [5.41, 5.74) is 1.77. The van der Waals surface area contributed by atoms with Crippen molar-refractivity contribution in [3.8, 4) is 11.8 Å². The van der Waals surface area contributed by atoms with Crippen molar-refractivity contribution in [3.63, 3.8) is 0 Å². The van der Waals surface area contributed by atoms with Gasteiger partial charge in [0.1, 0.15) is 11.6 Å². The summed E-state index contributed by atoms with van der Waals surface area (Å²) >= 11 is 0. The Morgan fingerprint density at radius 2 is 1.67 bits per heavy atom. The largest absolute Gasteiger partial charge is 0.512 e. The third-order valence-electron chi connectivity index (χ3n) is 9.55. The Labute approximate surface area is 251 Å². The Kier molecular flexibility index (Phi) is 8.07. The van der Waals surface area contributed by atoms with Gasteiger partial charge in [0.2, 0.25) is 5.91 Å². The number of nitrogens with zero attached hydrogens (tertiary/aromatic N) is 1. The molecule has 222 valence electrons. The van der Waals surface area contributed by atoms with Crippen LogP contribution in [0, 0.1) is 39.7 Å². The van der Waals surface area contributed by atoms with Crippen LogP contribution in [-0.4, -0.2) is 33.4 Å². The minimum atomic E-state index is -0.753. The van der Waals surface area contributed by atoms with Gasteiger partial charge in [0.15, 0.2) is 0 Å². The van der Waals surface area contributed by atoms with Crippen molar-refractivity contribution in [1.29, 1.82) is 0 Å². The van der Waals surface area contributed by atoms with E-state index < -0.39 is 16.9 Å². The van der Waals surface area contributed by atoms with Crippen molar-refractivity contribution in [1.82, 2.24) is 10.6 Å². The zero-order valence-corrected chi connectivity index (χ0v) is 24.2. The topological polar surface area (TPSA) is 122 Å². The Hall–Kier alpha value is -4.38. The van der Waals surface area contributed by atoms with Crippen molar-refractivity contribution < 1.29 is 19.6 Å². The van der Waals surface area contributed by atoms with Crippen molar-refractivity contribution >= 4 is 17.5 Å². The first kappa shape index (κ1) is 28.7. The fraction of sp³-hybridized carbons (Fsp3) is 0.429. The molecule has 8 nitrogen and oxygen atoms in total. The number of aryl methyl sites for hydroxylation is 1. The van der Waals surface area contributed by atoms with Crippen LogP contribution in [0.3, 0.4) is 0 Å². The highest BCUT2D eigenvalue weighted by atomic mass is 16.6. The number of hydrogen-bond acceptors (Lipinski definition) is 5. The molecule has 2 aromatic rings. The number of benzene rings is 2. The highest BCUT2D eigenvalue weighted by Crippen LogP contribution is 2.55. The number of rotatable bonds is 8. The summed E-state index contributed by atoms with van der Waals surface area (Å²) in [5.74, 6) is 7.46. The van der Waals surface area contributed by atoms with E-state index in [4.69, 9.17) is 0 Å². The highest BCUT2D eigenvalue weighted by molar-refractivity contribution is 5.98. The molecular weight excluding hydrogens is 542 g/mol. The third-order valence-corrected chi connectivity index (χ3v) is 9.55. The Morgan fingerprint density at radius 3 is 2.30 bits per heavy atom. The SMILES string of the molecule is O=C(N[C@@H](CCc1ccccc1)C(=O)NC12CC3CC(CC(C3)C1)C2)c1ccc([N+](=O)[O-])c(C#CC2=CC=C(O)CC2)c1. The van der Waals surface area contributed by atoms with E-state index in [1.165, 1.54) is 37.5 Å². The van der Waals surface area contributed by atoms with Crippen LogP contribution in [0.4, 0.5) is 5.69 Å². The highest BCUT2D eigenvalue weighted by Gasteiger charge is 2.51. The molecule has 5 aliphatic carbocycles. The van der Waals surface area contributed by atoms with E-state index in [1.54, 1.807) is 12.2 Å². The molecule has 0 aromatic heterocycles. The van der Waals surface area contributed by atoms with E-state index in [-0.39, 0.29) is 34.0 Å². The van der Waals surface area contributed by atoms with E-state index in [2.05, 4.69) is 22.5 Å². The van der Waals surface area contributed by atoms with Gasteiger partial charge in [-0.1, -0.05) is 42.2 Å². The Balaban J connectivity index is 1.22. The molecular formula is C35H37N3O5. The average Bonchev–Trinajstić information content (AvgIpc) is 2.98. The number of carbonyl (C=O) groups excluding carboxylic acids is 2. The summed E-state index contributed by atoms with van der Waals surface area (Å²) in [5, 5.41) is 27.7. The third kappa shape index (κ3) is 6.67. The lowest BCUT2D eigenvalue weighted by atomic mass is 9.53. The quantitative estimate of drug-likeness (QED) is 0.204. The van der Waals surface area contributed by atoms with Crippen LogP contribution >= 0.6 is 0 Å². The second-order valence-corrected chi connectivity index (χ2v) is 12.8. The fourth-order valence-electron chi connectivity index (χ4n) is 7.89. The van der Waals surface area contributed by atoms with Gasteiger partial charge < -0.3 is 15.7 Å². The lowest BCUT2D eigenvalue weighted by molar-refractivity contribution is -0.385. The summed E-state index contributed by atoms with van der Waals surface area (Å²) in [6.07, 6.45) is 12.1. The monoisotopic (exact) mass is 579 g/mol. The second-order valence-electron chi connectivity index (χ2n) is 12.8. The molecule has 0 unspecified atom stereocenters. The Morgan fingerprint density at radius 1 is 0.977 bits per heavy atom. The standard InChI is InChI=1S/C35H37N3O5/c39-30-12-7-24(8-13-30)6-10-28-19-29(11-15-32(28)38(42)43)33(40)36-31(14-9-23-4-2-1-3-5-23)34(41)37-35-20-25-16-26(21-35)18-27(17-25)22-35/h1-5,7,11-12,15,19,25-27,31,39H,8-9,13-14,16-18,20-22H2,(H,36,40)(H,37,41)/t25?,26?,27?,31-,35?/m0/s1. The van der Waals surface area contributed by atoms with Crippen LogP contribution in [0.15, 0.2) is 72.0 Å². The van der Waals surface area contributed by atoms with Gasteiger partial charge >= 0.3 is 0 Å². The molecule has 3 N–H and O–H groups in total. The lowest BCUT2D eigenvalue weighted by Gasteiger charge is -2.57. The average molecular weight is 580 g/mol. The zero-order chi connectivity index (χ0) is 30.0. The first-order valence-electron chi connectivity index (χ1n) is 15.3. The van der Waals surface area contributed by atoms with E-state index in [0.717, 1.165) is 30.4 Å². The van der Waals surface area contributed by atoms with Crippen LogP contribution in [0.2, 0.25) is 0 Å². The van der Waals surface area contributed by atoms with Gasteiger partial charge in [-0.2, -0.15) is 0 Å². The van der Waals surface area contributed by atoms with Crippen molar-refractivity contribution in [2.45, 2.75) is 75.8 Å². The molecule has 43 heavy (non-hydrogen) atoms. The van der Waals surface area contributed by atoms with E-state index in [1.807, 2.05) is 30.3 Å². The van der Waals surface area contributed by atoms with Crippen LogP contribution in [-0.2, 0) is 11.2 Å². The van der Waals surface area contributed by atoms with Crippen molar-refractivity contribution in [3.05, 3.63) is 98.8 Å². The zero-order valence-electron chi connectivity index (χ0n) is 24.2. The molecule has 2 amide bonds. The first-order chi connectivity index (χ1) is 20.7. The molecule has 2 aromatic carbocycles. The van der Waals surface area contributed by atoms with Gasteiger partial charge in [-0.3, -0.25) is 19.7 Å². The second kappa shape index (κ2) is 12.1. The first-order valence-corrected chi connectivity index (χ1v) is 15.3. The van der Waals surface area contributed by atoms with Gasteiger partial charge in [0.25, 0.3) is 11.6 Å².